The molecule has 0 fully saturated rings. The lowest BCUT2D eigenvalue weighted by atomic mass is 10.2. The van der Waals surface area contributed by atoms with E-state index in [1.54, 1.807) is 17.5 Å². The van der Waals surface area contributed by atoms with Crippen molar-refractivity contribution in [3.63, 3.8) is 0 Å². The van der Waals surface area contributed by atoms with Crippen LogP contribution in [0, 0.1) is 0 Å². The maximum Gasteiger partial charge on any atom is 0.265 e. The molecule has 0 aliphatic carbocycles. The number of aryl methyl sites for hydroxylation is 1. The fraction of sp³-hybridized carbons (Fsp3) is 0.154. The van der Waals surface area contributed by atoms with Crippen LogP contribution in [0.4, 0.5) is 0 Å². The number of hydrogen-bond acceptors (Lipinski definition) is 4. The van der Waals surface area contributed by atoms with E-state index in [0.29, 0.717) is 16.7 Å². The third kappa shape index (κ3) is 2.21. The number of H-pyrrole nitrogens is 1. The number of aromatic amines is 1. The number of aromatic nitrogens is 3. The predicted molar refractivity (Wildman–Crippen MR) is 80.5 cm³/mol. The van der Waals surface area contributed by atoms with Crippen molar-refractivity contribution in [1.29, 1.82) is 0 Å². The maximum absolute atomic E-state index is 11.8. The third-order valence-electron chi connectivity index (χ3n) is 2.84. The highest BCUT2D eigenvalue weighted by molar-refractivity contribution is 9.10. The molecule has 3 heterocycles. The Hall–Kier alpha value is -1.53. The standard InChI is InChI=1S/C13H10BrN3OS/c1-2-8-11(14)13(18)17-12(16-8)7-5-10-9(15-6-7)3-4-19-10/h3-6H,2H2,1H3,(H,16,17,18). The van der Waals surface area contributed by atoms with E-state index in [-0.39, 0.29) is 5.56 Å². The van der Waals surface area contributed by atoms with E-state index in [1.165, 1.54) is 0 Å². The van der Waals surface area contributed by atoms with E-state index in [2.05, 4.69) is 30.9 Å². The summed E-state index contributed by atoms with van der Waals surface area (Å²) < 4.78 is 1.59. The number of hydrogen-bond donors (Lipinski definition) is 1. The molecule has 4 nitrogen and oxygen atoms in total. The van der Waals surface area contributed by atoms with Gasteiger partial charge >= 0.3 is 0 Å². The van der Waals surface area contributed by atoms with Gasteiger partial charge in [0.2, 0.25) is 0 Å². The SMILES string of the molecule is CCc1nc(-c2cnc3ccsc3c2)[nH]c(=O)c1Br. The van der Waals surface area contributed by atoms with Crippen molar-refractivity contribution in [3.05, 3.63) is 44.2 Å². The second-order valence-corrected chi connectivity index (χ2v) is 5.80. The highest BCUT2D eigenvalue weighted by Gasteiger charge is 2.10. The van der Waals surface area contributed by atoms with Crippen molar-refractivity contribution >= 4 is 37.5 Å². The average Bonchev–Trinajstić information content (AvgIpc) is 2.89. The van der Waals surface area contributed by atoms with Crippen LogP contribution in [0.1, 0.15) is 12.6 Å². The molecule has 19 heavy (non-hydrogen) atoms. The quantitative estimate of drug-likeness (QED) is 0.781. The summed E-state index contributed by atoms with van der Waals surface area (Å²) in [6, 6.07) is 3.97. The van der Waals surface area contributed by atoms with E-state index in [0.717, 1.165) is 21.5 Å². The Labute approximate surface area is 121 Å². The highest BCUT2D eigenvalue weighted by Crippen LogP contribution is 2.24. The number of pyridine rings is 1. The Morgan fingerprint density at radius 1 is 1.47 bits per heavy atom. The second kappa shape index (κ2) is 4.86. The van der Waals surface area contributed by atoms with Gasteiger partial charge in [-0.1, -0.05) is 6.92 Å². The van der Waals surface area contributed by atoms with Gasteiger partial charge in [0.05, 0.1) is 15.9 Å². The van der Waals surface area contributed by atoms with E-state index in [4.69, 9.17) is 0 Å². The minimum Gasteiger partial charge on any atom is -0.305 e. The molecule has 0 radical (unpaired) electrons. The lowest BCUT2D eigenvalue weighted by Crippen LogP contribution is -2.13. The smallest absolute Gasteiger partial charge is 0.265 e. The molecule has 3 aromatic rings. The number of fused-ring (bicyclic) bond motifs is 1. The van der Waals surface area contributed by atoms with Crippen LogP contribution in [0.25, 0.3) is 21.6 Å². The second-order valence-electron chi connectivity index (χ2n) is 4.06. The molecular weight excluding hydrogens is 326 g/mol. The van der Waals surface area contributed by atoms with Gasteiger partial charge in [-0.05, 0) is 39.9 Å². The zero-order valence-electron chi connectivity index (χ0n) is 10.1. The van der Waals surface area contributed by atoms with Crippen molar-refractivity contribution < 1.29 is 0 Å². The zero-order chi connectivity index (χ0) is 13.4. The molecule has 0 atom stereocenters. The average molecular weight is 336 g/mol. The number of halogens is 1. The van der Waals surface area contributed by atoms with Crippen LogP contribution in [-0.2, 0) is 6.42 Å². The first-order valence-electron chi connectivity index (χ1n) is 5.81. The van der Waals surface area contributed by atoms with Crippen molar-refractivity contribution in [2.45, 2.75) is 13.3 Å². The molecule has 0 unspecified atom stereocenters. The van der Waals surface area contributed by atoms with Gasteiger partial charge in [-0.15, -0.1) is 11.3 Å². The van der Waals surface area contributed by atoms with Crippen molar-refractivity contribution in [1.82, 2.24) is 15.0 Å². The van der Waals surface area contributed by atoms with Gasteiger partial charge in [-0.3, -0.25) is 9.78 Å². The summed E-state index contributed by atoms with van der Waals surface area (Å²) in [5.74, 6) is 0.563. The Morgan fingerprint density at radius 3 is 3.11 bits per heavy atom. The zero-order valence-corrected chi connectivity index (χ0v) is 12.5. The summed E-state index contributed by atoms with van der Waals surface area (Å²) in [5.41, 5.74) is 2.39. The Kier molecular flexibility index (Phi) is 3.20. The molecule has 0 aliphatic rings. The van der Waals surface area contributed by atoms with Crippen LogP contribution in [0.5, 0.6) is 0 Å². The summed E-state index contributed by atoms with van der Waals surface area (Å²) in [6.45, 7) is 1.97. The summed E-state index contributed by atoms with van der Waals surface area (Å²) in [7, 11) is 0. The Bertz CT molecular complexity index is 809. The van der Waals surface area contributed by atoms with Gasteiger partial charge in [-0.2, -0.15) is 0 Å². The van der Waals surface area contributed by atoms with E-state index in [1.807, 2.05) is 24.4 Å². The first kappa shape index (κ1) is 12.5. The van der Waals surface area contributed by atoms with E-state index >= 15 is 0 Å². The Morgan fingerprint density at radius 2 is 2.32 bits per heavy atom. The Balaban J connectivity index is 2.20. The molecular formula is C13H10BrN3OS. The normalized spacial score (nSPS) is 11.1. The molecule has 0 saturated carbocycles. The van der Waals surface area contributed by atoms with Crippen LogP contribution in [-0.4, -0.2) is 15.0 Å². The third-order valence-corrected chi connectivity index (χ3v) is 4.51. The van der Waals surface area contributed by atoms with E-state index < -0.39 is 0 Å². The molecule has 3 aromatic heterocycles. The fourth-order valence-electron chi connectivity index (χ4n) is 1.85. The van der Waals surface area contributed by atoms with Gasteiger partial charge < -0.3 is 4.98 Å². The molecule has 1 N–H and O–H groups in total. The van der Waals surface area contributed by atoms with Crippen LogP contribution in [0.15, 0.2) is 33.0 Å². The molecule has 6 heteroatoms. The van der Waals surface area contributed by atoms with Gasteiger partial charge in [0.25, 0.3) is 5.56 Å². The number of nitrogens with zero attached hydrogens (tertiary/aromatic N) is 2. The van der Waals surface area contributed by atoms with Crippen LogP contribution < -0.4 is 5.56 Å². The molecule has 0 bridgehead atoms. The summed E-state index contributed by atoms with van der Waals surface area (Å²) in [5, 5.41) is 2.00. The molecule has 0 aliphatic heterocycles. The highest BCUT2D eigenvalue weighted by atomic mass is 79.9. The minimum atomic E-state index is -0.159. The summed E-state index contributed by atoms with van der Waals surface area (Å²) in [4.78, 5) is 23.5. The molecule has 0 spiro atoms. The topological polar surface area (TPSA) is 58.6 Å². The van der Waals surface area contributed by atoms with Crippen LogP contribution in [0.3, 0.4) is 0 Å². The number of nitrogens with one attached hydrogen (secondary N) is 1. The fourth-order valence-corrected chi connectivity index (χ4v) is 3.10. The monoisotopic (exact) mass is 335 g/mol. The van der Waals surface area contributed by atoms with Crippen molar-refractivity contribution in [2.24, 2.45) is 0 Å². The summed E-state index contributed by atoms with van der Waals surface area (Å²) in [6.07, 6.45) is 2.44. The van der Waals surface area contributed by atoms with Crippen molar-refractivity contribution in [3.8, 4) is 11.4 Å². The number of rotatable bonds is 2. The first-order valence-corrected chi connectivity index (χ1v) is 7.48. The molecule has 0 aromatic carbocycles. The molecule has 0 saturated heterocycles. The van der Waals surface area contributed by atoms with Gasteiger partial charge in [0, 0.05) is 11.8 Å². The van der Waals surface area contributed by atoms with Gasteiger partial charge in [-0.25, -0.2) is 4.98 Å². The largest absolute Gasteiger partial charge is 0.305 e. The van der Waals surface area contributed by atoms with E-state index in [9.17, 15) is 4.79 Å². The van der Waals surface area contributed by atoms with Gasteiger partial charge in [0.1, 0.15) is 10.3 Å². The lowest BCUT2D eigenvalue weighted by Gasteiger charge is -2.05. The molecule has 3 rings (SSSR count). The van der Waals surface area contributed by atoms with Crippen molar-refractivity contribution in [2.75, 3.05) is 0 Å². The minimum absolute atomic E-state index is 0.159. The predicted octanol–water partition coefficient (Wildman–Crippen LogP) is 3.37. The van der Waals surface area contributed by atoms with Crippen LogP contribution in [0.2, 0.25) is 0 Å². The summed E-state index contributed by atoms with van der Waals surface area (Å²) >= 11 is 4.88. The van der Waals surface area contributed by atoms with Gasteiger partial charge in [0.15, 0.2) is 0 Å². The molecule has 96 valence electrons. The number of thiophene rings is 1. The maximum atomic E-state index is 11.8. The first-order chi connectivity index (χ1) is 9.19. The molecule has 0 amide bonds. The lowest BCUT2D eigenvalue weighted by molar-refractivity contribution is 0.970. The van der Waals surface area contributed by atoms with Crippen LogP contribution >= 0.6 is 27.3 Å².